The fourth-order valence-corrected chi connectivity index (χ4v) is 0. The number of rotatable bonds is 0. The van der Waals surface area contributed by atoms with Crippen LogP contribution in [0.3, 0.4) is 0 Å². The molecule has 0 amide bonds. The van der Waals surface area contributed by atoms with Gasteiger partial charge in [-0.25, -0.2) is 4.57 Å². The first kappa shape index (κ1) is 30.1. The van der Waals surface area contributed by atoms with E-state index in [1.54, 1.807) is 0 Å². The molecule has 0 unspecified atom stereocenters. The van der Waals surface area contributed by atoms with Crippen molar-refractivity contribution in [3.05, 3.63) is 0 Å². The third-order valence-corrected chi connectivity index (χ3v) is 0. The summed E-state index contributed by atoms with van der Waals surface area (Å²) in [6.07, 6.45) is 0. The van der Waals surface area contributed by atoms with Crippen molar-refractivity contribution in [2.24, 2.45) is 0 Å². The van der Waals surface area contributed by atoms with Gasteiger partial charge in [-0.1, -0.05) is 0 Å². The van der Waals surface area contributed by atoms with Gasteiger partial charge < -0.3 is 17.5 Å². The van der Waals surface area contributed by atoms with Gasteiger partial charge in [0.05, 0.1) is 0 Å². The molecule has 0 aromatic rings. The number of hydrogen-bond acceptors (Lipinski definition) is 1. The molecule has 9 heteroatoms. The van der Waals surface area contributed by atoms with Gasteiger partial charge in [-0.05, 0) is 0 Å². The summed E-state index contributed by atoms with van der Waals surface area (Å²) in [7, 11) is -4.64. The first-order valence-corrected chi connectivity index (χ1v) is 2.35. The summed E-state index contributed by atoms with van der Waals surface area (Å²) in [6, 6.07) is 0. The Kier molecular flexibility index (Phi) is 43.6. The molecule has 0 heterocycles. The van der Waals surface area contributed by atoms with Crippen LogP contribution in [-0.4, -0.2) is 14.7 Å². The summed E-state index contributed by atoms with van der Waals surface area (Å²) in [4.78, 5) is 21.6. The Labute approximate surface area is 102 Å². The Morgan fingerprint density at radius 2 is 1.11 bits per heavy atom. The maximum absolute atomic E-state index is 8.88. The summed E-state index contributed by atoms with van der Waals surface area (Å²) >= 11 is 0. The van der Waals surface area contributed by atoms with Gasteiger partial charge in [-0.3, -0.25) is 0 Å². The zero-order valence-corrected chi connectivity index (χ0v) is 8.49. The van der Waals surface area contributed by atoms with Crippen LogP contribution in [0.2, 0.25) is 0 Å². The zero-order chi connectivity index (χ0) is 4.50. The molecular weight excluding hydrogens is 215 g/mol. The van der Waals surface area contributed by atoms with Crippen LogP contribution in [0.5, 0.6) is 0 Å². The molecule has 0 bridgehead atoms. The second kappa shape index (κ2) is 13.0. The maximum Gasteiger partial charge on any atom is 1.00 e. The van der Waals surface area contributed by atoms with Gasteiger partial charge in [0.1, 0.15) is 0 Å². The third-order valence-electron chi connectivity index (χ3n) is 0. The van der Waals surface area contributed by atoms with E-state index in [0.717, 1.165) is 0 Å². The smallest absolute Gasteiger partial charge is 1.00 e. The van der Waals surface area contributed by atoms with Crippen LogP contribution in [0, 0.1) is 0 Å². The molecule has 0 aliphatic rings. The molecule has 0 fully saturated rings. The largest absolute Gasteiger partial charge is 1.00 e. The van der Waals surface area contributed by atoms with Crippen LogP contribution >= 0.6 is 7.82 Å². The fraction of sp³-hybridized carbons (Fsp3) is 0. The Morgan fingerprint density at radius 1 is 1.11 bits per heavy atom. The van der Waals surface area contributed by atoms with Crippen LogP contribution in [0.4, 0.5) is 0 Å². The average Bonchev–Trinajstić information content (AvgIpc) is 0.722. The van der Waals surface area contributed by atoms with Crippen molar-refractivity contribution >= 4 is 7.82 Å². The monoisotopic (exact) mass is 220 g/mol. The van der Waals surface area contributed by atoms with Gasteiger partial charge in [0.25, 0.3) is 0 Å². The summed E-state index contributed by atoms with van der Waals surface area (Å²) < 4.78 is 8.88. The normalized spacial score (nSPS) is 6.56. The molecule has 0 saturated carbocycles. The molecule has 0 saturated heterocycles. The van der Waals surface area contributed by atoms with Gasteiger partial charge in [-0.2, -0.15) is 0 Å². The van der Waals surface area contributed by atoms with Crippen molar-refractivity contribution < 1.29 is 95.4 Å². The van der Waals surface area contributed by atoms with E-state index in [0.29, 0.717) is 0 Å². The van der Waals surface area contributed by atoms with Gasteiger partial charge >= 0.3 is 45.5 Å². The van der Waals surface area contributed by atoms with Crippen molar-refractivity contribution in [2.45, 2.75) is 0 Å². The second-order valence-electron chi connectivity index (χ2n) is 0.513. The molecule has 0 aromatic carbocycles. The standard InChI is InChI=1S/2Li.Mn.H3O4P.V.2H/c;;;1-5(2,3)4;;;/h;;;(H3,1,2,3,4);;;/q2*+1;;;;2*-1. The molecule has 4 nitrogen and oxygen atoms in total. The second-order valence-corrected chi connectivity index (χ2v) is 1.54. The van der Waals surface area contributed by atoms with Crippen LogP contribution < -0.4 is 37.7 Å². The Hall–Kier alpha value is 2.41. The van der Waals surface area contributed by atoms with Crippen molar-refractivity contribution in [1.29, 1.82) is 0 Å². The zero-order valence-electron chi connectivity index (χ0n) is 7.02. The van der Waals surface area contributed by atoms with E-state index < -0.39 is 7.82 Å². The van der Waals surface area contributed by atoms with Crippen molar-refractivity contribution in [2.75, 3.05) is 0 Å². The SMILES string of the molecule is O=P(O)(O)O.[H-].[H-].[Li+].[Li+].[Mn].[V]. The minimum absolute atomic E-state index is 0. The molecular formula is H5Li2MnO4PV. The topological polar surface area (TPSA) is 77.8 Å². The van der Waals surface area contributed by atoms with Gasteiger partial charge in [0, 0.05) is 35.6 Å². The van der Waals surface area contributed by atoms with Crippen molar-refractivity contribution in [3.63, 3.8) is 0 Å². The minimum atomic E-state index is -4.64. The Balaban J connectivity index is -0.00000000533. The van der Waals surface area contributed by atoms with E-state index in [9.17, 15) is 0 Å². The van der Waals surface area contributed by atoms with Gasteiger partial charge in [0.15, 0.2) is 0 Å². The molecule has 48 valence electrons. The summed E-state index contributed by atoms with van der Waals surface area (Å²) in [6.45, 7) is 0. The molecule has 2 radical (unpaired) electrons. The van der Waals surface area contributed by atoms with Crippen LogP contribution in [-0.2, 0) is 40.2 Å². The van der Waals surface area contributed by atoms with Crippen LogP contribution in [0.1, 0.15) is 2.85 Å². The van der Waals surface area contributed by atoms with Gasteiger partial charge in [-0.15, -0.1) is 0 Å². The molecule has 3 N–H and O–H groups in total. The summed E-state index contributed by atoms with van der Waals surface area (Å²) in [5.74, 6) is 0. The van der Waals surface area contributed by atoms with Gasteiger partial charge in [0.2, 0.25) is 0 Å². The first-order valence-electron chi connectivity index (χ1n) is 0.783. The average molecular weight is 220 g/mol. The summed E-state index contributed by atoms with van der Waals surface area (Å²) in [5.41, 5.74) is 0. The van der Waals surface area contributed by atoms with Crippen LogP contribution in [0.25, 0.3) is 0 Å². The van der Waals surface area contributed by atoms with Crippen LogP contribution in [0.15, 0.2) is 0 Å². The third kappa shape index (κ3) is 127. The predicted octanol–water partition coefficient (Wildman–Crippen LogP) is -6.70. The molecule has 0 aliphatic carbocycles. The fourth-order valence-electron chi connectivity index (χ4n) is 0. The van der Waals surface area contributed by atoms with Crippen molar-refractivity contribution in [3.8, 4) is 0 Å². The van der Waals surface area contributed by atoms with Crippen molar-refractivity contribution in [1.82, 2.24) is 0 Å². The Bertz CT molecular complexity index is 72.2. The molecule has 0 spiro atoms. The molecule has 0 atom stereocenters. The number of hydrogen-bond donors (Lipinski definition) is 3. The number of phosphoric acid groups is 1. The minimum Gasteiger partial charge on any atom is -1.00 e. The molecule has 0 aromatic heterocycles. The maximum atomic E-state index is 8.88. The van der Waals surface area contributed by atoms with E-state index in [1.165, 1.54) is 0 Å². The van der Waals surface area contributed by atoms with E-state index in [4.69, 9.17) is 19.2 Å². The van der Waals surface area contributed by atoms with E-state index in [2.05, 4.69) is 0 Å². The van der Waals surface area contributed by atoms with E-state index in [1.807, 2.05) is 0 Å². The predicted molar refractivity (Wildman–Crippen MR) is 16.5 cm³/mol. The Morgan fingerprint density at radius 3 is 1.11 bits per heavy atom. The van der Waals surface area contributed by atoms with E-state index >= 15 is 0 Å². The quantitative estimate of drug-likeness (QED) is 0.280. The molecule has 9 heavy (non-hydrogen) atoms. The molecule has 0 rings (SSSR count). The summed E-state index contributed by atoms with van der Waals surface area (Å²) in [5, 5.41) is 0. The van der Waals surface area contributed by atoms with E-state index in [-0.39, 0.29) is 76.2 Å². The first-order chi connectivity index (χ1) is 2.00. The molecule has 0 aliphatic heterocycles.